The molecule has 6 heteroatoms. The first-order valence-corrected chi connectivity index (χ1v) is 8.49. The van der Waals surface area contributed by atoms with E-state index in [1.807, 2.05) is 20.8 Å². The lowest BCUT2D eigenvalue weighted by molar-refractivity contribution is -0.120. The summed E-state index contributed by atoms with van der Waals surface area (Å²) in [5.74, 6) is -0.605. The molecule has 0 saturated carbocycles. The van der Waals surface area contributed by atoms with Crippen molar-refractivity contribution in [3.05, 3.63) is 35.4 Å². The van der Waals surface area contributed by atoms with Gasteiger partial charge < -0.3 is 10.4 Å². The van der Waals surface area contributed by atoms with Crippen molar-refractivity contribution < 1.29 is 18.9 Å². The summed E-state index contributed by atoms with van der Waals surface area (Å²) in [5.41, 5.74) is 1.15. The van der Waals surface area contributed by atoms with Gasteiger partial charge >= 0.3 is 5.97 Å². The van der Waals surface area contributed by atoms with Crippen molar-refractivity contribution in [2.75, 3.05) is 12.3 Å². The summed E-state index contributed by atoms with van der Waals surface area (Å²) < 4.78 is 11.6. The number of aromatic carboxylic acids is 1. The number of rotatable bonds is 7. The quantitative estimate of drug-likeness (QED) is 0.803. The highest BCUT2D eigenvalue weighted by atomic mass is 32.2. The SMILES string of the molecule is CC(C)(C)S(=O)CCNC(=O)CCc1ccc(C(=O)O)cc1. The Balaban J connectivity index is 2.31. The van der Waals surface area contributed by atoms with Crippen LogP contribution in [0.5, 0.6) is 0 Å². The topological polar surface area (TPSA) is 83.5 Å². The molecule has 1 rings (SSSR count). The Morgan fingerprint density at radius 1 is 1.18 bits per heavy atom. The van der Waals surface area contributed by atoms with Gasteiger partial charge in [-0.05, 0) is 44.9 Å². The van der Waals surface area contributed by atoms with Crippen LogP contribution in [0.3, 0.4) is 0 Å². The summed E-state index contributed by atoms with van der Waals surface area (Å²) in [6.07, 6.45) is 0.878. The number of carboxylic acids is 1. The Kier molecular flexibility index (Phi) is 6.74. The Morgan fingerprint density at radius 3 is 2.27 bits per heavy atom. The van der Waals surface area contributed by atoms with Gasteiger partial charge in [-0.2, -0.15) is 0 Å². The summed E-state index contributed by atoms with van der Waals surface area (Å²) in [4.78, 5) is 22.5. The highest BCUT2D eigenvalue weighted by Gasteiger charge is 2.18. The molecular weight excluding hydrogens is 302 g/mol. The number of nitrogens with one attached hydrogen (secondary N) is 1. The predicted octanol–water partition coefficient (Wildman–Crippen LogP) is 1.98. The van der Waals surface area contributed by atoms with Gasteiger partial charge in [0.25, 0.3) is 0 Å². The van der Waals surface area contributed by atoms with E-state index in [0.717, 1.165) is 5.56 Å². The van der Waals surface area contributed by atoms with Crippen LogP contribution >= 0.6 is 0 Å². The molecule has 1 amide bonds. The Bertz CT molecular complexity index is 546. The van der Waals surface area contributed by atoms with E-state index >= 15 is 0 Å². The lowest BCUT2D eigenvalue weighted by Crippen LogP contribution is -2.32. The Labute approximate surface area is 133 Å². The van der Waals surface area contributed by atoms with E-state index in [1.165, 1.54) is 12.1 Å². The fourth-order valence-corrected chi connectivity index (χ4v) is 2.65. The van der Waals surface area contributed by atoms with Gasteiger partial charge in [-0.25, -0.2) is 4.79 Å². The minimum Gasteiger partial charge on any atom is -0.478 e. The van der Waals surface area contributed by atoms with Crippen molar-refractivity contribution in [1.82, 2.24) is 5.32 Å². The predicted molar refractivity (Wildman–Crippen MR) is 87.5 cm³/mol. The molecule has 1 aromatic carbocycles. The fraction of sp³-hybridized carbons (Fsp3) is 0.500. The summed E-state index contributed by atoms with van der Waals surface area (Å²) >= 11 is 0. The van der Waals surface area contributed by atoms with E-state index < -0.39 is 16.8 Å². The molecule has 0 saturated heterocycles. The fourth-order valence-electron chi connectivity index (χ4n) is 1.75. The van der Waals surface area contributed by atoms with Crippen molar-refractivity contribution >= 4 is 22.7 Å². The molecule has 0 aliphatic carbocycles. The molecule has 0 fully saturated rings. The van der Waals surface area contributed by atoms with Gasteiger partial charge in [-0.3, -0.25) is 9.00 Å². The van der Waals surface area contributed by atoms with Crippen molar-refractivity contribution in [2.24, 2.45) is 0 Å². The zero-order valence-corrected chi connectivity index (χ0v) is 14.0. The number of benzene rings is 1. The Hall–Kier alpha value is -1.69. The number of hydrogen-bond acceptors (Lipinski definition) is 3. The lowest BCUT2D eigenvalue weighted by Gasteiger charge is -2.17. The van der Waals surface area contributed by atoms with Gasteiger partial charge in [-0.15, -0.1) is 0 Å². The highest BCUT2D eigenvalue weighted by molar-refractivity contribution is 7.86. The molecule has 0 aromatic heterocycles. The average molecular weight is 325 g/mol. The average Bonchev–Trinajstić information content (AvgIpc) is 2.44. The standard InChI is InChI=1S/C16H23NO4S/c1-16(2,3)22(21)11-10-17-14(18)9-6-12-4-7-13(8-5-12)15(19)20/h4-5,7-8H,6,9-11H2,1-3H3,(H,17,18)(H,19,20). The van der Waals surface area contributed by atoms with Crippen LogP contribution in [0, 0.1) is 0 Å². The van der Waals surface area contributed by atoms with Gasteiger partial charge in [0.15, 0.2) is 0 Å². The summed E-state index contributed by atoms with van der Waals surface area (Å²) in [7, 11) is -0.971. The van der Waals surface area contributed by atoms with Crippen LogP contribution in [0.2, 0.25) is 0 Å². The summed E-state index contributed by atoms with van der Waals surface area (Å²) in [5, 5.41) is 11.6. The molecule has 0 spiro atoms. The molecule has 1 atom stereocenters. The maximum absolute atomic E-state index is 11.8. The van der Waals surface area contributed by atoms with Gasteiger partial charge in [0, 0.05) is 34.3 Å². The molecule has 0 aliphatic rings. The third-order valence-electron chi connectivity index (χ3n) is 3.13. The minimum atomic E-state index is -0.971. The summed E-state index contributed by atoms with van der Waals surface area (Å²) in [6, 6.07) is 6.49. The molecule has 2 N–H and O–H groups in total. The maximum Gasteiger partial charge on any atom is 0.335 e. The molecule has 122 valence electrons. The minimum absolute atomic E-state index is 0.0896. The number of carbonyl (C=O) groups is 2. The number of carbonyl (C=O) groups excluding carboxylic acids is 1. The lowest BCUT2D eigenvalue weighted by atomic mass is 10.1. The van der Waals surface area contributed by atoms with Gasteiger partial charge in [0.2, 0.25) is 5.91 Å². The normalized spacial score (nSPS) is 12.7. The molecular formula is C16H23NO4S. The first-order valence-electron chi connectivity index (χ1n) is 7.17. The third kappa shape index (κ3) is 6.39. The molecule has 0 aliphatic heterocycles. The van der Waals surface area contributed by atoms with Crippen molar-refractivity contribution in [1.29, 1.82) is 0 Å². The third-order valence-corrected chi connectivity index (χ3v) is 5.08. The second-order valence-corrected chi connectivity index (χ2v) is 8.34. The van der Waals surface area contributed by atoms with Crippen molar-refractivity contribution in [2.45, 2.75) is 38.4 Å². The molecule has 22 heavy (non-hydrogen) atoms. The van der Waals surface area contributed by atoms with Gasteiger partial charge in [0.05, 0.1) is 5.56 Å². The monoisotopic (exact) mass is 325 g/mol. The van der Waals surface area contributed by atoms with Crippen LogP contribution in [-0.2, 0) is 22.0 Å². The van der Waals surface area contributed by atoms with E-state index in [1.54, 1.807) is 12.1 Å². The summed E-state index contributed by atoms with van der Waals surface area (Å²) in [6.45, 7) is 6.13. The zero-order chi connectivity index (χ0) is 16.8. The molecule has 1 aromatic rings. The number of carboxylic acid groups (broad SMARTS) is 1. The number of aryl methyl sites for hydroxylation is 1. The Morgan fingerprint density at radius 2 is 1.77 bits per heavy atom. The number of hydrogen-bond donors (Lipinski definition) is 2. The van der Waals surface area contributed by atoms with Crippen LogP contribution in [0.25, 0.3) is 0 Å². The van der Waals surface area contributed by atoms with E-state index in [9.17, 15) is 13.8 Å². The van der Waals surface area contributed by atoms with Crippen LogP contribution in [0.1, 0.15) is 43.1 Å². The molecule has 1 unspecified atom stereocenters. The number of amides is 1. The highest BCUT2D eigenvalue weighted by Crippen LogP contribution is 2.10. The molecule has 0 radical (unpaired) electrons. The van der Waals surface area contributed by atoms with Crippen LogP contribution < -0.4 is 5.32 Å². The first-order chi connectivity index (χ1) is 10.2. The largest absolute Gasteiger partial charge is 0.478 e. The van der Waals surface area contributed by atoms with E-state index in [0.29, 0.717) is 25.1 Å². The van der Waals surface area contributed by atoms with E-state index in [2.05, 4.69) is 5.32 Å². The zero-order valence-electron chi connectivity index (χ0n) is 13.2. The first kappa shape index (κ1) is 18.4. The second kappa shape index (κ2) is 8.08. The molecule has 0 bridgehead atoms. The van der Waals surface area contributed by atoms with Gasteiger partial charge in [0.1, 0.15) is 0 Å². The van der Waals surface area contributed by atoms with Crippen molar-refractivity contribution in [3.63, 3.8) is 0 Å². The smallest absolute Gasteiger partial charge is 0.335 e. The van der Waals surface area contributed by atoms with Crippen LogP contribution in [0.4, 0.5) is 0 Å². The molecule has 5 nitrogen and oxygen atoms in total. The van der Waals surface area contributed by atoms with E-state index in [4.69, 9.17) is 5.11 Å². The van der Waals surface area contributed by atoms with E-state index in [-0.39, 0.29) is 16.2 Å². The van der Waals surface area contributed by atoms with Crippen LogP contribution in [-0.4, -0.2) is 38.2 Å². The molecule has 0 heterocycles. The van der Waals surface area contributed by atoms with Crippen LogP contribution in [0.15, 0.2) is 24.3 Å². The second-order valence-electron chi connectivity index (χ2n) is 6.01. The van der Waals surface area contributed by atoms with Gasteiger partial charge in [-0.1, -0.05) is 12.1 Å². The van der Waals surface area contributed by atoms with Crippen molar-refractivity contribution in [3.8, 4) is 0 Å². The maximum atomic E-state index is 11.8.